The summed E-state index contributed by atoms with van der Waals surface area (Å²) in [6.45, 7) is 0.819. The summed E-state index contributed by atoms with van der Waals surface area (Å²) in [5.41, 5.74) is 7.20. The number of thiophene rings is 1. The van der Waals surface area contributed by atoms with E-state index >= 15 is 0 Å². The summed E-state index contributed by atoms with van der Waals surface area (Å²) < 4.78 is 5.43. The van der Waals surface area contributed by atoms with Crippen LogP contribution in [0.3, 0.4) is 0 Å². The number of esters is 1. The van der Waals surface area contributed by atoms with Crippen molar-refractivity contribution in [3.8, 4) is 11.1 Å². The van der Waals surface area contributed by atoms with E-state index in [0.29, 0.717) is 11.4 Å². The lowest BCUT2D eigenvalue weighted by molar-refractivity contribution is 0.0428. The van der Waals surface area contributed by atoms with Crippen LogP contribution < -0.4 is 5.73 Å². The van der Waals surface area contributed by atoms with E-state index in [1.807, 2.05) is 41.8 Å². The van der Waals surface area contributed by atoms with Crippen LogP contribution in [0.4, 0.5) is 4.79 Å². The Kier molecular flexibility index (Phi) is 4.62. The van der Waals surface area contributed by atoms with E-state index in [1.165, 1.54) is 11.3 Å². The number of urea groups is 1. The largest absolute Gasteiger partial charge is 0.459 e. The van der Waals surface area contributed by atoms with Crippen LogP contribution in [-0.2, 0) is 4.74 Å². The van der Waals surface area contributed by atoms with E-state index in [1.54, 1.807) is 4.90 Å². The lowest BCUT2D eigenvalue weighted by Gasteiger charge is -2.22. The molecule has 6 heteroatoms. The van der Waals surface area contributed by atoms with Gasteiger partial charge >= 0.3 is 12.0 Å². The Hall–Kier alpha value is -2.34. The van der Waals surface area contributed by atoms with Crippen LogP contribution in [0.15, 0.2) is 41.8 Å². The maximum absolute atomic E-state index is 12.4. The third-order valence-corrected chi connectivity index (χ3v) is 4.90. The van der Waals surface area contributed by atoms with Crippen molar-refractivity contribution in [2.24, 2.45) is 5.73 Å². The highest BCUT2D eigenvalue weighted by Crippen LogP contribution is 2.29. The van der Waals surface area contributed by atoms with Gasteiger partial charge in [-0.1, -0.05) is 30.3 Å². The molecule has 2 heterocycles. The fraction of sp³-hybridized carbons (Fsp3) is 0.294. The molecule has 1 aliphatic rings. The number of primary amides is 1. The summed E-state index contributed by atoms with van der Waals surface area (Å²) in [7, 11) is 0. The summed E-state index contributed by atoms with van der Waals surface area (Å²) in [4.78, 5) is 25.9. The van der Waals surface area contributed by atoms with Gasteiger partial charge in [0.2, 0.25) is 0 Å². The van der Waals surface area contributed by atoms with Gasteiger partial charge in [-0.05, 0) is 29.9 Å². The molecule has 2 N–H and O–H groups in total. The van der Waals surface area contributed by atoms with Crippen LogP contribution in [0.25, 0.3) is 11.1 Å². The molecule has 2 aromatic rings. The Bertz CT molecular complexity index is 699. The first-order valence-electron chi connectivity index (χ1n) is 7.53. The second kappa shape index (κ2) is 6.83. The zero-order chi connectivity index (χ0) is 16.2. The Labute approximate surface area is 138 Å². The summed E-state index contributed by atoms with van der Waals surface area (Å²) in [6, 6.07) is 11.1. The minimum Gasteiger partial charge on any atom is -0.459 e. The van der Waals surface area contributed by atoms with Crippen LogP contribution in [0.1, 0.15) is 22.5 Å². The van der Waals surface area contributed by atoms with Crippen molar-refractivity contribution < 1.29 is 14.3 Å². The van der Waals surface area contributed by atoms with E-state index in [2.05, 4.69) is 0 Å². The summed E-state index contributed by atoms with van der Waals surface area (Å²) in [5.74, 6) is -0.352. The Morgan fingerprint density at radius 2 is 2.04 bits per heavy atom. The predicted molar refractivity (Wildman–Crippen MR) is 89.3 cm³/mol. The number of amides is 2. The first-order chi connectivity index (χ1) is 11.2. The van der Waals surface area contributed by atoms with Gasteiger partial charge in [0.25, 0.3) is 0 Å². The maximum Gasteiger partial charge on any atom is 0.349 e. The first kappa shape index (κ1) is 15.6. The number of carbonyl (C=O) groups excluding carboxylic acids is 2. The second-order valence-electron chi connectivity index (χ2n) is 5.46. The number of nitrogens with two attached hydrogens (primary N) is 1. The van der Waals surface area contributed by atoms with Crippen molar-refractivity contribution in [3.63, 3.8) is 0 Å². The van der Waals surface area contributed by atoms with Crippen LogP contribution in [0.2, 0.25) is 0 Å². The molecule has 1 aromatic heterocycles. The number of ether oxygens (including phenoxy) is 1. The minimum absolute atomic E-state index is 0.114. The molecule has 23 heavy (non-hydrogen) atoms. The van der Waals surface area contributed by atoms with Crippen molar-refractivity contribution in [2.75, 3.05) is 13.2 Å². The van der Waals surface area contributed by atoms with Crippen molar-refractivity contribution in [1.82, 2.24) is 4.90 Å². The van der Waals surface area contributed by atoms with Crippen molar-refractivity contribution >= 4 is 23.3 Å². The normalized spacial score (nSPS) is 17.2. The SMILES string of the molecule is NC(=O)N1CCCC1COC(=O)c1sccc1-c1ccccc1. The van der Waals surface area contributed by atoms with Gasteiger partial charge in [-0.3, -0.25) is 0 Å². The molecule has 1 aliphatic heterocycles. The average Bonchev–Trinajstić information content (AvgIpc) is 3.22. The third-order valence-electron chi connectivity index (χ3n) is 4.00. The van der Waals surface area contributed by atoms with E-state index in [-0.39, 0.29) is 18.6 Å². The molecular weight excluding hydrogens is 312 g/mol. The number of likely N-dealkylation sites (tertiary alicyclic amines) is 1. The molecule has 0 radical (unpaired) electrons. The number of nitrogens with zero attached hydrogens (tertiary/aromatic N) is 1. The van der Waals surface area contributed by atoms with Gasteiger partial charge in [0.05, 0.1) is 6.04 Å². The van der Waals surface area contributed by atoms with E-state index in [4.69, 9.17) is 10.5 Å². The molecule has 120 valence electrons. The molecule has 0 aliphatic carbocycles. The first-order valence-corrected chi connectivity index (χ1v) is 8.41. The number of hydrogen-bond acceptors (Lipinski definition) is 4. The number of benzene rings is 1. The van der Waals surface area contributed by atoms with Crippen LogP contribution in [-0.4, -0.2) is 36.1 Å². The zero-order valence-corrected chi connectivity index (χ0v) is 13.4. The van der Waals surface area contributed by atoms with Gasteiger partial charge < -0.3 is 15.4 Å². The average molecular weight is 330 g/mol. The molecule has 5 nitrogen and oxygen atoms in total. The van der Waals surface area contributed by atoms with Crippen LogP contribution in [0.5, 0.6) is 0 Å². The molecule has 1 aromatic carbocycles. The van der Waals surface area contributed by atoms with Gasteiger partial charge in [0.1, 0.15) is 11.5 Å². The highest BCUT2D eigenvalue weighted by Gasteiger charge is 2.28. The molecule has 0 spiro atoms. The molecule has 1 atom stereocenters. The van der Waals surface area contributed by atoms with Crippen LogP contribution in [0, 0.1) is 0 Å². The fourth-order valence-corrected chi connectivity index (χ4v) is 3.66. The van der Waals surface area contributed by atoms with Crippen molar-refractivity contribution in [3.05, 3.63) is 46.7 Å². The van der Waals surface area contributed by atoms with Gasteiger partial charge in [-0.2, -0.15) is 0 Å². The van der Waals surface area contributed by atoms with Gasteiger partial charge in [0, 0.05) is 12.1 Å². The zero-order valence-electron chi connectivity index (χ0n) is 12.6. The molecule has 3 rings (SSSR count). The predicted octanol–water partition coefficient (Wildman–Crippen LogP) is 3.12. The second-order valence-corrected chi connectivity index (χ2v) is 6.37. The van der Waals surface area contributed by atoms with Gasteiger partial charge in [-0.25, -0.2) is 9.59 Å². The topological polar surface area (TPSA) is 72.6 Å². The van der Waals surface area contributed by atoms with E-state index < -0.39 is 6.03 Å². The highest BCUT2D eigenvalue weighted by atomic mass is 32.1. The van der Waals surface area contributed by atoms with Crippen LogP contribution >= 0.6 is 11.3 Å². The lowest BCUT2D eigenvalue weighted by Crippen LogP contribution is -2.41. The molecule has 1 saturated heterocycles. The summed E-state index contributed by atoms with van der Waals surface area (Å²) in [6.07, 6.45) is 1.70. The highest BCUT2D eigenvalue weighted by molar-refractivity contribution is 7.12. The monoisotopic (exact) mass is 330 g/mol. The molecule has 2 amide bonds. The van der Waals surface area contributed by atoms with Gasteiger partial charge in [0.15, 0.2) is 0 Å². The van der Waals surface area contributed by atoms with Crippen molar-refractivity contribution in [2.45, 2.75) is 18.9 Å². The molecule has 1 unspecified atom stereocenters. The molecule has 0 bridgehead atoms. The maximum atomic E-state index is 12.4. The lowest BCUT2D eigenvalue weighted by atomic mass is 10.1. The Balaban J connectivity index is 1.68. The standard InChI is InChI=1S/C17H18N2O3S/c18-17(21)19-9-4-7-13(19)11-22-16(20)15-14(8-10-23-15)12-5-2-1-3-6-12/h1-3,5-6,8,10,13H,4,7,9,11H2,(H2,18,21). The summed E-state index contributed by atoms with van der Waals surface area (Å²) in [5, 5.41) is 1.88. The molecule has 1 fully saturated rings. The number of hydrogen-bond donors (Lipinski definition) is 1. The summed E-state index contributed by atoms with van der Waals surface area (Å²) >= 11 is 1.36. The Morgan fingerprint density at radius 3 is 2.78 bits per heavy atom. The molecular formula is C17H18N2O3S. The van der Waals surface area contributed by atoms with E-state index in [9.17, 15) is 9.59 Å². The van der Waals surface area contributed by atoms with E-state index in [0.717, 1.165) is 24.0 Å². The minimum atomic E-state index is -0.454. The van der Waals surface area contributed by atoms with Crippen molar-refractivity contribution in [1.29, 1.82) is 0 Å². The smallest absolute Gasteiger partial charge is 0.349 e. The quantitative estimate of drug-likeness (QED) is 0.876. The molecule has 0 saturated carbocycles. The van der Waals surface area contributed by atoms with Gasteiger partial charge in [-0.15, -0.1) is 11.3 Å². The Morgan fingerprint density at radius 1 is 1.26 bits per heavy atom. The number of carbonyl (C=O) groups is 2. The third kappa shape index (κ3) is 3.37. The number of rotatable bonds is 4. The fourth-order valence-electron chi connectivity index (χ4n) is 2.85.